The zero-order valence-corrected chi connectivity index (χ0v) is 5.32. The van der Waals surface area contributed by atoms with E-state index in [1.807, 2.05) is 5.32 Å². The molecule has 0 aliphatic heterocycles. The van der Waals surface area contributed by atoms with Gasteiger partial charge in [-0.15, -0.1) is 0 Å². The molecular formula is C4H9N3O2. The second-order valence-electron chi connectivity index (χ2n) is 1.28. The summed E-state index contributed by atoms with van der Waals surface area (Å²) in [6.45, 7) is 0. The molecule has 0 radical (unpaired) electrons. The first-order chi connectivity index (χ1) is 4.20. The minimum atomic E-state index is -0.519. The largest absolute Gasteiger partial charge is 0.341 e. The van der Waals surface area contributed by atoms with Crippen LogP contribution in [-0.4, -0.2) is 26.2 Å². The molecule has 0 aromatic rings. The smallest absolute Gasteiger partial charge is 0.322 e. The predicted octanol–water partition coefficient (Wildman–Crippen LogP) is -0.745. The lowest BCUT2D eigenvalue weighted by molar-refractivity contribution is 0.229. The van der Waals surface area contributed by atoms with Gasteiger partial charge in [-0.05, 0) is 0 Å². The highest BCUT2D eigenvalue weighted by atomic mass is 16.2. The highest BCUT2D eigenvalue weighted by Crippen LogP contribution is 1.61. The van der Waals surface area contributed by atoms with Gasteiger partial charge < -0.3 is 10.6 Å². The van der Waals surface area contributed by atoms with Crippen LogP contribution >= 0.6 is 0 Å². The number of hydrogen-bond donors (Lipinski definition) is 3. The Hall–Kier alpha value is -1.26. The van der Waals surface area contributed by atoms with Crippen molar-refractivity contribution in [2.45, 2.75) is 0 Å². The van der Waals surface area contributed by atoms with Crippen molar-refractivity contribution in [3.8, 4) is 0 Å². The molecule has 0 aromatic carbocycles. The van der Waals surface area contributed by atoms with Gasteiger partial charge in [0, 0.05) is 14.1 Å². The quantitative estimate of drug-likeness (QED) is 0.405. The third kappa shape index (κ3) is 3.33. The van der Waals surface area contributed by atoms with E-state index in [0.29, 0.717) is 0 Å². The van der Waals surface area contributed by atoms with Crippen molar-refractivity contribution in [3.63, 3.8) is 0 Å². The first kappa shape index (κ1) is 7.74. The van der Waals surface area contributed by atoms with Crippen LogP contribution in [0.5, 0.6) is 0 Å². The van der Waals surface area contributed by atoms with Crippen LogP contribution in [-0.2, 0) is 0 Å². The van der Waals surface area contributed by atoms with Crippen LogP contribution in [0.25, 0.3) is 0 Å². The van der Waals surface area contributed by atoms with Crippen molar-refractivity contribution >= 4 is 12.1 Å². The van der Waals surface area contributed by atoms with Gasteiger partial charge in [0.1, 0.15) is 0 Å². The normalized spacial score (nSPS) is 7.78. The number of nitrogens with one attached hydrogen (secondary N) is 3. The van der Waals surface area contributed by atoms with Crippen molar-refractivity contribution in [1.82, 2.24) is 16.0 Å². The predicted molar refractivity (Wildman–Crippen MR) is 32.0 cm³/mol. The highest BCUT2D eigenvalue weighted by molar-refractivity contribution is 5.92. The maximum Gasteiger partial charge on any atom is 0.322 e. The van der Waals surface area contributed by atoms with E-state index in [1.165, 1.54) is 14.1 Å². The van der Waals surface area contributed by atoms with Crippen molar-refractivity contribution in [3.05, 3.63) is 0 Å². The molecule has 0 aliphatic carbocycles. The molecule has 5 heteroatoms. The van der Waals surface area contributed by atoms with Crippen LogP contribution in [0.15, 0.2) is 0 Å². The topological polar surface area (TPSA) is 70.2 Å². The minimum Gasteiger partial charge on any atom is -0.341 e. The van der Waals surface area contributed by atoms with Gasteiger partial charge in [-0.3, -0.25) is 5.32 Å². The lowest BCUT2D eigenvalue weighted by Gasteiger charge is -1.99. The Labute approximate surface area is 52.8 Å². The standard InChI is InChI=1S/C4H9N3O2/c1-5-3(8)7-4(9)6-2/h1-2H3,(H3,5,6,7,8,9). The second-order valence-corrected chi connectivity index (χ2v) is 1.28. The molecule has 4 amide bonds. The summed E-state index contributed by atoms with van der Waals surface area (Å²) in [7, 11) is 2.86. The van der Waals surface area contributed by atoms with Gasteiger partial charge in [0.15, 0.2) is 0 Å². The third-order valence-corrected chi connectivity index (χ3v) is 0.681. The fourth-order valence-corrected chi connectivity index (χ4v) is 0.228. The summed E-state index contributed by atoms with van der Waals surface area (Å²) >= 11 is 0. The number of carbonyl (C=O) groups is 2. The lowest BCUT2D eigenvalue weighted by Crippen LogP contribution is -2.42. The number of imide groups is 1. The van der Waals surface area contributed by atoms with Gasteiger partial charge in [0.05, 0.1) is 0 Å². The van der Waals surface area contributed by atoms with Crippen LogP contribution in [0.4, 0.5) is 9.59 Å². The second kappa shape index (κ2) is 3.71. The fourth-order valence-electron chi connectivity index (χ4n) is 0.228. The summed E-state index contributed by atoms with van der Waals surface area (Å²) in [5.41, 5.74) is 0. The lowest BCUT2D eigenvalue weighted by atomic mass is 10.8. The molecular weight excluding hydrogens is 122 g/mol. The number of hydrogen-bond acceptors (Lipinski definition) is 2. The Bertz CT molecular complexity index is 109. The third-order valence-electron chi connectivity index (χ3n) is 0.681. The maximum absolute atomic E-state index is 10.3. The van der Waals surface area contributed by atoms with Gasteiger partial charge in [-0.2, -0.15) is 0 Å². The maximum atomic E-state index is 10.3. The summed E-state index contributed by atoms with van der Waals surface area (Å²) in [5, 5.41) is 6.42. The molecule has 5 nitrogen and oxygen atoms in total. The first-order valence-corrected chi connectivity index (χ1v) is 2.41. The zero-order chi connectivity index (χ0) is 7.28. The molecule has 0 saturated carbocycles. The van der Waals surface area contributed by atoms with Gasteiger partial charge in [-0.1, -0.05) is 0 Å². The van der Waals surface area contributed by atoms with Crippen LogP contribution in [0.1, 0.15) is 0 Å². The highest BCUT2D eigenvalue weighted by Gasteiger charge is 1.99. The number of carbonyl (C=O) groups excluding carboxylic acids is 2. The van der Waals surface area contributed by atoms with E-state index in [0.717, 1.165) is 0 Å². The molecule has 0 aliphatic rings. The molecule has 0 atom stereocenters. The molecule has 0 spiro atoms. The van der Waals surface area contributed by atoms with Crippen LogP contribution in [0, 0.1) is 0 Å². The van der Waals surface area contributed by atoms with E-state index in [-0.39, 0.29) is 0 Å². The first-order valence-electron chi connectivity index (χ1n) is 2.41. The molecule has 9 heavy (non-hydrogen) atoms. The average molecular weight is 131 g/mol. The van der Waals surface area contributed by atoms with Crippen LogP contribution in [0.2, 0.25) is 0 Å². The van der Waals surface area contributed by atoms with E-state index in [1.54, 1.807) is 0 Å². The average Bonchev–Trinajstić information content (AvgIpc) is 1.87. The van der Waals surface area contributed by atoms with Crippen LogP contribution < -0.4 is 16.0 Å². The molecule has 0 unspecified atom stereocenters. The minimum absolute atomic E-state index is 0.519. The monoisotopic (exact) mass is 131 g/mol. The summed E-state index contributed by atoms with van der Waals surface area (Å²) in [5.74, 6) is 0. The van der Waals surface area contributed by atoms with Gasteiger partial charge in [-0.25, -0.2) is 9.59 Å². The molecule has 0 fully saturated rings. The zero-order valence-electron chi connectivity index (χ0n) is 5.32. The summed E-state index contributed by atoms with van der Waals surface area (Å²) < 4.78 is 0. The number of amides is 4. The van der Waals surface area contributed by atoms with E-state index in [9.17, 15) is 9.59 Å². The Morgan fingerprint density at radius 2 is 1.33 bits per heavy atom. The molecule has 3 N–H and O–H groups in total. The Morgan fingerprint density at radius 3 is 1.56 bits per heavy atom. The molecule has 52 valence electrons. The Balaban J connectivity index is 3.47. The number of rotatable bonds is 0. The van der Waals surface area contributed by atoms with Crippen molar-refractivity contribution < 1.29 is 9.59 Å². The summed E-state index contributed by atoms with van der Waals surface area (Å²) in [6, 6.07) is -1.04. The van der Waals surface area contributed by atoms with Gasteiger partial charge in [0.2, 0.25) is 0 Å². The Kier molecular flexibility index (Phi) is 3.19. The van der Waals surface area contributed by atoms with E-state index in [4.69, 9.17) is 0 Å². The van der Waals surface area contributed by atoms with Crippen molar-refractivity contribution in [2.24, 2.45) is 0 Å². The number of urea groups is 2. The van der Waals surface area contributed by atoms with E-state index >= 15 is 0 Å². The van der Waals surface area contributed by atoms with Crippen molar-refractivity contribution in [2.75, 3.05) is 14.1 Å². The molecule has 0 rings (SSSR count). The van der Waals surface area contributed by atoms with Crippen LogP contribution in [0.3, 0.4) is 0 Å². The molecule has 0 aromatic heterocycles. The summed E-state index contributed by atoms with van der Waals surface area (Å²) in [4.78, 5) is 20.6. The van der Waals surface area contributed by atoms with E-state index in [2.05, 4.69) is 10.6 Å². The molecule has 0 bridgehead atoms. The molecule has 0 saturated heterocycles. The van der Waals surface area contributed by atoms with Gasteiger partial charge >= 0.3 is 12.1 Å². The SMILES string of the molecule is CNC(=O)NC(=O)NC. The Morgan fingerprint density at radius 1 is 1.00 bits per heavy atom. The summed E-state index contributed by atoms with van der Waals surface area (Å²) in [6.07, 6.45) is 0. The molecule has 0 heterocycles. The van der Waals surface area contributed by atoms with Crippen molar-refractivity contribution in [1.29, 1.82) is 0 Å². The van der Waals surface area contributed by atoms with E-state index < -0.39 is 12.1 Å². The van der Waals surface area contributed by atoms with Gasteiger partial charge in [0.25, 0.3) is 0 Å². The fraction of sp³-hybridized carbons (Fsp3) is 0.500.